The number of nitrogens with zero attached hydrogens (tertiary/aromatic N) is 2. The van der Waals surface area contributed by atoms with Gasteiger partial charge in [0.05, 0.1) is 18.0 Å². The van der Waals surface area contributed by atoms with Gasteiger partial charge in [0.2, 0.25) is 15.9 Å². The van der Waals surface area contributed by atoms with E-state index in [4.69, 9.17) is 0 Å². The molecule has 0 spiro atoms. The summed E-state index contributed by atoms with van der Waals surface area (Å²) in [5, 5.41) is 1.95. The lowest BCUT2D eigenvalue weighted by molar-refractivity contribution is -0.132. The van der Waals surface area contributed by atoms with Crippen LogP contribution in [0, 0.1) is 5.82 Å². The lowest BCUT2D eigenvalue weighted by Gasteiger charge is -2.25. The van der Waals surface area contributed by atoms with Gasteiger partial charge >= 0.3 is 0 Å². The largest absolute Gasteiger partial charge is 0.333 e. The van der Waals surface area contributed by atoms with Crippen molar-refractivity contribution in [3.8, 4) is 0 Å². The Bertz CT molecular complexity index is 831. The summed E-state index contributed by atoms with van der Waals surface area (Å²) in [5.41, 5.74) is 0. The predicted octanol–water partition coefficient (Wildman–Crippen LogP) is 2.70. The van der Waals surface area contributed by atoms with Crippen molar-refractivity contribution >= 4 is 27.3 Å². The summed E-state index contributed by atoms with van der Waals surface area (Å²) < 4.78 is 39.1. The van der Waals surface area contributed by atoms with E-state index in [1.165, 1.54) is 19.2 Å². The minimum Gasteiger partial charge on any atom is -0.333 e. The van der Waals surface area contributed by atoms with Crippen molar-refractivity contribution in [1.29, 1.82) is 0 Å². The van der Waals surface area contributed by atoms with E-state index in [-0.39, 0.29) is 23.4 Å². The monoisotopic (exact) mass is 382 g/mol. The summed E-state index contributed by atoms with van der Waals surface area (Å²) in [7, 11) is -2.46. The number of carbonyl (C=O) groups is 1. The van der Waals surface area contributed by atoms with Gasteiger partial charge in [-0.15, -0.1) is 11.3 Å². The average molecular weight is 382 g/mol. The molecule has 0 unspecified atom stereocenters. The summed E-state index contributed by atoms with van der Waals surface area (Å²) in [4.78, 5) is 15.5. The number of likely N-dealkylation sites (N-methyl/N-ethyl adjacent to an activating group) is 1. The third-order valence-electron chi connectivity index (χ3n) is 4.09. The molecule has 2 aromatic rings. The van der Waals surface area contributed by atoms with Crippen molar-refractivity contribution in [3.05, 3.63) is 52.5 Å². The predicted molar refractivity (Wildman–Crippen MR) is 94.1 cm³/mol. The van der Waals surface area contributed by atoms with Gasteiger partial charge < -0.3 is 4.90 Å². The molecule has 0 bridgehead atoms. The summed E-state index contributed by atoms with van der Waals surface area (Å²) in [6.07, 6.45) is 1.90. The van der Waals surface area contributed by atoms with Crippen LogP contribution in [-0.4, -0.2) is 43.2 Å². The number of rotatable bonds is 7. The second-order valence-electron chi connectivity index (χ2n) is 6.05. The minimum absolute atomic E-state index is 0.0274. The summed E-state index contributed by atoms with van der Waals surface area (Å²) in [5.74, 6) is -0.724. The molecule has 1 heterocycles. The van der Waals surface area contributed by atoms with Gasteiger partial charge in [0.1, 0.15) is 5.82 Å². The van der Waals surface area contributed by atoms with Crippen molar-refractivity contribution in [3.63, 3.8) is 0 Å². The Kier molecular flexibility index (Phi) is 5.21. The van der Waals surface area contributed by atoms with Crippen LogP contribution in [0.25, 0.3) is 0 Å². The van der Waals surface area contributed by atoms with Crippen LogP contribution in [0.4, 0.5) is 4.39 Å². The molecular weight excluding hydrogens is 363 g/mol. The van der Waals surface area contributed by atoms with Gasteiger partial charge in [-0.05, 0) is 48.6 Å². The zero-order valence-electron chi connectivity index (χ0n) is 13.8. The quantitative estimate of drug-likeness (QED) is 0.740. The molecule has 1 aliphatic rings. The Labute approximate surface area is 150 Å². The third-order valence-corrected chi connectivity index (χ3v) is 6.77. The molecule has 0 N–H and O–H groups in total. The first-order valence-electron chi connectivity index (χ1n) is 7.91. The number of thiophene rings is 1. The van der Waals surface area contributed by atoms with Crippen LogP contribution in [0.2, 0.25) is 0 Å². The summed E-state index contributed by atoms with van der Waals surface area (Å²) in [6.45, 7) is 0.271. The second kappa shape index (κ2) is 7.23. The van der Waals surface area contributed by atoms with Crippen molar-refractivity contribution < 1.29 is 17.6 Å². The zero-order chi connectivity index (χ0) is 18.0. The van der Waals surface area contributed by atoms with Gasteiger partial charge in [-0.1, -0.05) is 6.07 Å². The number of sulfonamides is 1. The van der Waals surface area contributed by atoms with Gasteiger partial charge in [0.25, 0.3) is 0 Å². The lowest BCUT2D eigenvalue weighted by atomic mass is 10.3. The molecule has 25 heavy (non-hydrogen) atoms. The lowest BCUT2D eigenvalue weighted by Crippen LogP contribution is -2.41. The van der Waals surface area contributed by atoms with E-state index in [0.717, 1.165) is 34.2 Å². The second-order valence-corrected chi connectivity index (χ2v) is 9.12. The Hall–Kier alpha value is -1.77. The van der Waals surface area contributed by atoms with Crippen LogP contribution in [0.5, 0.6) is 0 Å². The van der Waals surface area contributed by atoms with E-state index < -0.39 is 15.8 Å². The highest BCUT2D eigenvalue weighted by molar-refractivity contribution is 7.89. The number of benzene rings is 1. The maximum absolute atomic E-state index is 13.0. The summed E-state index contributed by atoms with van der Waals surface area (Å²) in [6, 6.07) is 8.68. The number of halogens is 1. The fourth-order valence-electron chi connectivity index (χ4n) is 2.53. The number of amides is 1. The Morgan fingerprint density at radius 1 is 1.24 bits per heavy atom. The van der Waals surface area contributed by atoms with Crippen LogP contribution in [-0.2, 0) is 21.4 Å². The van der Waals surface area contributed by atoms with Crippen molar-refractivity contribution in [2.75, 3.05) is 13.6 Å². The van der Waals surface area contributed by atoms with Crippen LogP contribution in [0.3, 0.4) is 0 Å². The van der Waals surface area contributed by atoms with E-state index in [1.54, 1.807) is 16.2 Å². The van der Waals surface area contributed by atoms with Crippen molar-refractivity contribution in [2.24, 2.45) is 0 Å². The van der Waals surface area contributed by atoms with E-state index in [1.807, 2.05) is 17.5 Å². The topological polar surface area (TPSA) is 57.7 Å². The molecule has 1 amide bonds. The zero-order valence-corrected chi connectivity index (χ0v) is 15.4. The Balaban J connectivity index is 1.70. The van der Waals surface area contributed by atoms with Crippen molar-refractivity contribution in [2.45, 2.75) is 30.3 Å². The first kappa shape index (κ1) is 18.0. The van der Waals surface area contributed by atoms with Crippen LogP contribution >= 0.6 is 11.3 Å². The normalized spacial score (nSPS) is 14.7. The number of carbonyl (C=O) groups excluding carboxylic acids is 1. The molecule has 0 radical (unpaired) electrons. The van der Waals surface area contributed by atoms with E-state index in [2.05, 4.69) is 0 Å². The van der Waals surface area contributed by atoms with Gasteiger partial charge in [-0.3, -0.25) is 4.79 Å². The van der Waals surface area contributed by atoms with E-state index in [0.29, 0.717) is 6.54 Å². The fraction of sp³-hybridized carbons (Fsp3) is 0.353. The molecule has 0 saturated heterocycles. The molecule has 1 fully saturated rings. The summed E-state index contributed by atoms with van der Waals surface area (Å²) >= 11 is 1.58. The average Bonchev–Trinajstić information content (AvgIpc) is 3.28. The molecule has 0 atom stereocenters. The first-order valence-corrected chi connectivity index (χ1v) is 10.2. The minimum atomic E-state index is -3.83. The maximum atomic E-state index is 13.0. The molecule has 0 aliphatic heterocycles. The van der Waals surface area contributed by atoms with Crippen LogP contribution in [0.1, 0.15) is 17.7 Å². The van der Waals surface area contributed by atoms with Crippen LogP contribution in [0.15, 0.2) is 46.7 Å². The first-order chi connectivity index (χ1) is 11.9. The maximum Gasteiger partial charge on any atom is 0.243 e. The standard InChI is InChI=1S/C17H19FN2O3S2/c1-19(25(22,23)16-8-4-13(18)5-9-16)12-17(21)20(14-6-7-14)11-15-3-2-10-24-15/h2-5,8-10,14H,6-7,11-12H2,1H3. The molecule has 3 rings (SSSR count). The molecule has 1 aromatic heterocycles. The molecular formula is C17H19FN2O3S2. The van der Waals surface area contributed by atoms with Crippen LogP contribution < -0.4 is 0 Å². The number of hydrogen-bond donors (Lipinski definition) is 0. The molecule has 1 aliphatic carbocycles. The number of hydrogen-bond acceptors (Lipinski definition) is 4. The molecule has 1 aromatic carbocycles. The highest BCUT2D eigenvalue weighted by Gasteiger charge is 2.34. The smallest absolute Gasteiger partial charge is 0.243 e. The SMILES string of the molecule is CN(CC(=O)N(Cc1cccs1)C1CC1)S(=O)(=O)c1ccc(F)cc1. The highest BCUT2D eigenvalue weighted by atomic mass is 32.2. The third kappa shape index (κ3) is 4.26. The van der Waals surface area contributed by atoms with Gasteiger partial charge in [-0.2, -0.15) is 4.31 Å². The van der Waals surface area contributed by atoms with Gasteiger partial charge in [0.15, 0.2) is 0 Å². The molecule has 8 heteroatoms. The van der Waals surface area contributed by atoms with Crippen molar-refractivity contribution in [1.82, 2.24) is 9.21 Å². The Morgan fingerprint density at radius 2 is 1.92 bits per heavy atom. The molecule has 5 nitrogen and oxygen atoms in total. The highest BCUT2D eigenvalue weighted by Crippen LogP contribution is 2.29. The molecule has 1 saturated carbocycles. The van der Waals surface area contributed by atoms with Gasteiger partial charge in [0, 0.05) is 18.0 Å². The van der Waals surface area contributed by atoms with E-state index in [9.17, 15) is 17.6 Å². The molecule has 134 valence electrons. The van der Waals surface area contributed by atoms with E-state index >= 15 is 0 Å². The Morgan fingerprint density at radius 3 is 2.48 bits per heavy atom. The van der Waals surface area contributed by atoms with Gasteiger partial charge in [-0.25, -0.2) is 12.8 Å². The fourth-order valence-corrected chi connectivity index (χ4v) is 4.35.